The summed E-state index contributed by atoms with van der Waals surface area (Å²) in [5.74, 6) is 0.265. The molecule has 1 heterocycles. The van der Waals surface area contributed by atoms with E-state index in [1.165, 1.54) is 30.6 Å². The summed E-state index contributed by atoms with van der Waals surface area (Å²) in [4.78, 5) is 37.8. The third kappa shape index (κ3) is 8.60. The predicted molar refractivity (Wildman–Crippen MR) is 158 cm³/mol. The van der Waals surface area contributed by atoms with Gasteiger partial charge in [0.05, 0.1) is 0 Å². The number of phenolic OH excluding ortho intramolecular Hbond substituents is 1. The molecule has 2 aromatic rings. The maximum Gasteiger partial charge on any atom is 0.407 e. The molecule has 4 rings (SSSR count). The van der Waals surface area contributed by atoms with Gasteiger partial charge in [-0.15, -0.1) is 0 Å². The van der Waals surface area contributed by atoms with Crippen molar-refractivity contribution in [1.82, 2.24) is 10.2 Å². The average molecular weight is 567 g/mol. The van der Waals surface area contributed by atoms with Gasteiger partial charge in [-0.2, -0.15) is 0 Å². The molecule has 1 fully saturated rings. The number of hydrogen-bond donors (Lipinski definition) is 4. The van der Waals surface area contributed by atoms with Crippen molar-refractivity contribution in [1.29, 1.82) is 0 Å². The summed E-state index contributed by atoms with van der Waals surface area (Å²) < 4.78 is 5.61. The number of amides is 2. The number of carbonyl (C=O) groups excluding carboxylic acids is 2. The second-order valence-electron chi connectivity index (χ2n) is 10.8. The van der Waals surface area contributed by atoms with Crippen molar-refractivity contribution < 1.29 is 29.3 Å². The highest BCUT2D eigenvalue weighted by molar-refractivity contribution is 5.97. The number of ether oxygens (including phenoxy) is 1. The van der Waals surface area contributed by atoms with Crippen LogP contribution >= 0.6 is 0 Å². The molecule has 0 aromatic heterocycles. The summed E-state index contributed by atoms with van der Waals surface area (Å²) in [7, 11) is 0. The van der Waals surface area contributed by atoms with Crippen molar-refractivity contribution in [3.05, 3.63) is 47.5 Å². The summed E-state index contributed by atoms with van der Waals surface area (Å²) in [6.45, 7) is 2.86. The molecule has 1 aliphatic heterocycles. The number of carbonyl (C=O) groups is 3. The van der Waals surface area contributed by atoms with E-state index in [0.29, 0.717) is 36.9 Å². The Morgan fingerprint density at radius 3 is 2.61 bits per heavy atom. The molecule has 0 saturated heterocycles. The van der Waals surface area contributed by atoms with E-state index in [9.17, 15) is 24.6 Å². The maximum absolute atomic E-state index is 11.7. The number of nitrogens with one attached hydrogen (secondary N) is 2. The number of carboxylic acid groups (broad SMARTS) is 1. The number of benzene rings is 2. The second-order valence-corrected chi connectivity index (χ2v) is 10.8. The number of anilines is 2. The lowest BCUT2D eigenvalue weighted by Crippen LogP contribution is -2.40. The number of aldehydes is 1. The first-order valence-electron chi connectivity index (χ1n) is 14.7. The Balaban J connectivity index is 1.37. The topological polar surface area (TPSA) is 131 Å². The molecule has 4 N–H and O–H groups in total. The van der Waals surface area contributed by atoms with E-state index in [2.05, 4.69) is 27.7 Å². The highest BCUT2D eigenvalue weighted by atomic mass is 16.5. The molecular weight excluding hydrogens is 524 g/mol. The van der Waals surface area contributed by atoms with Gasteiger partial charge in [0, 0.05) is 44.3 Å². The first-order chi connectivity index (χ1) is 20.0. The number of phenols is 1. The Kier molecular flexibility index (Phi) is 11.2. The van der Waals surface area contributed by atoms with Crippen molar-refractivity contribution in [2.24, 2.45) is 0 Å². The second kappa shape index (κ2) is 15.3. The largest absolute Gasteiger partial charge is 0.506 e. The average Bonchev–Trinajstić information content (AvgIpc) is 3.26. The van der Waals surface area contributed by atoms with Gasteiger partial charge in [-0.25, -0.2) is 4.79 Å². The van der Waals surface area contributed by atoms with Gasteiger partial charge in [0.1, 0.15) is 17.7 Å². The van der Waals surface area contributed by atoms with Crippen LogP contribution in [0.3, 0.4) is 0 Å². The van der Waals surface area contributed by atoms with E-state index in [1.54, 1.807) is 6.07 Å². The van der Waals surface area contributed by atoms with E-state index >= 15 is 0 Å². The molecule has 0 radical (unpaired) electrons. The van der Waals surface area contributed by atoms with Crippen molar-refractivity contribution >= 4 is 29.7 Å². The minimum Gasteiger partial charge on any atom is -0.506 e. The number of hydrogen-bond acceptors (Lipinski definition) is 7. The number of fused-ring (bicyclic) bond motifs is 1. The number of aromatic hydroxyl groups is 1. The standard InChI is InChI=1S/C31H42N4O6/c36-20-6-17-34(31(39)40)18-14-23-7-5-10-26(21-23)35(25-8-3-1-2-4-9-25)19-16-32-15-13-24-11-12-27(37)29-30(24)41-22-28(38)33-29/h5,7,10-12,20-21,25,32,37H,1-4,6,8-9,13-19,22H2,(H,33,38)(H,39,40). The lowest BCUT2D eigenvalue weighted by Gasteiger charge is -2.34. The predicted octanol–water partition coefficient (Wildman–Crippen LogP) is 4.20. The van der Waals surface area contributed by atoms with Crippen LogP contribution < -0.4 is 20.3 Å². The summed E-state index contributed by atoms with van der Waals surface area (Å²) in [6, 6.07) is 12.3. The van der Waals surface area contributed by atoms with Gasteiger partial charge < -0.3 is 40.2 Å². The van der Waals surface area contributed by atoms with E-state index in [1.807, 2.05) is 18.2 Å². The zero-order valence-electron chi connectivity index (χ0n) is 23.6. The summed E-state index contributed by atoms with van der Waals surface area (Å²) in [5, 5.41) is 25.8. The molecule has 2 aromatic carbocycles. The van der Waals surface area contributed by atoms with Crippen molar-refractivity contribution in [2.75, 3.05) is 49.5 Å². The smallest absolute Gasteiger partial charge is 0.407 e. The van der Waals surface area contributed by atoms with Crippen LogP contribution in [0.15, 0.2) is 36.4 Å². The zero-order valence-corrected chi connectivity index (χ0v) is 23.6. The van der Waals surface area contributed by atoms with Crippen LogP contribution in [-0.2, 0) is 22.4 Å². The Hall–Kier alpha value is -3.79. The molecule has 0 spiro atoms. The van der Waals surface area contributed by atoms with Crippen LogP contribution in [0.4, 0.5) is 16.2 Å². The molecule has 0 bridgehead atoms. The van der Waals surface area contributed by atoms with Gasteiger partial charge in [0.15, 0.2) is 12.4 Å². The SMILES string of the molecule is O=CCCN(CCc1cccc(N(CCNCCc2ccc(O)c3c2OCC(=O)N3)C2CCCCCC2)c1)C(=O)O. The molecule has 2 aliphatic rings. The Labute approximate surface area is 241 Å². The summed E-state index contributed by atoms with van der Waals surface area (Å²) in [5.41, 5.74) is 3.51. The van der Waals surface area contributed by atoms with Gasteiger partial charge in [-0.1, -0.05) is 43.9 Å². The fraction of sp³-hybridized carbons (Fsp3) is 0.516. The highest BCUT2D eigenvalue weighted by Gasteiger charge is 2.23. The molecule has 41 heavy (non-hydrogen) atoms. The molecular formula is C31H42N4O6. The molecule has 0 atom stereocenters. The summed E-state index contributed by atoms with van der Waals surface area (Å²) in [6.07, 6.45) is 8.55. The van der Waals surface area contributed by atoms with Gasteiger partial charge in [0.2, 0.25) is 0 Å². The van der Waals surface area contributed by atoms with Crippen molar-refractivity contribution in [3.8, 4) is 11.5 Å². The van der Waals surface area contributed by atoms with Crippen LogP contribution in [0.2, 0.25) is 0 Å². The summed E-state index contributed by atoms with van der Waals surface area (Å²) >= 11 is 0. The fourth-order valence-electron chi connectivity index (χ4n) is 5.72. The van der Waals surface area contributed by atoms with Crippen LogP contribution in [0.5, 0.6) is 11.5 Å². The monoisotopic (exact) mass is 566 g/mol. The first kappa shape index (κ1) is 30.2. The molecule has 10 nitrogen and oxygen atoms in total. The number of nitrogens with zero attached hydrogens (tertiary/aromatic N) is 2. The number of rotatable bonds is 14. The van der Waals surface area contributed by atoms with E-state index in [0.717, 1.165) is 55.6 Å². The Morgan fingerprint density at radius 1 is 1.05 bits per heavy atom. The Bertz CT molecular complexity index is 1180. The molecule has 2 amide bonds. The molecule has 222 valence electrons. The van der Waals surface area contributed by atoms with E-state index in [4.69, 9.17) is 4.74 Å². The van der Waals surface area contributed by atoms with Crippen LogP contribution in [0, 0.1) is 0 Å². The van der Waals surface area contributed by atoms with Gasteiger partial charge in [-0.3, -0.25) is 4.79 Å². The first-order valence-corrected chi connectivity index (χ1v) is 14.7. The molecule has 1 saturated carbocycles. The lowest BCUT2D eigenvalue weighted by molar-refractivity contribution is -0.118. The van der Waals surface area contributed by atoms with Crippen LogP contribution in [0.1, 0.15) is 56.1 Å². The van der Waals surface area contributed by atoms with Crippen LogP contribution in [-0.4, -0.2) is 78.8 Å². The molecule has 10 heteroatoms. The highest BCUT2D eigenvalue weighted by Crippen LogP contribution is 2.39. The molecule has 1 aliphatic carbocycles. The minimum absolute atomic E-state index is 0.00247. The van der Waals surface area contributed by atoms with E-state index in [-0.39, 0.29) is 31.2 Å². The zero-order chi connectivity index (χ0) is 29.0. The lowest BCUT2D eigenvalue weighted by atomic mass is 10.0. The minimum atomic E-state index is -1.00. The van der Waals surface area contributed by atoms with Gasteiger partial charge >= 0.3 is 6.09 Å². The van der Waals surface area contributed by atoms with Gasteiger partial charge in [0.25, 0.3) is 5.91 Å². The van der Waals surface area contributed by atoms with Gasteiger partial charge in [-0.05, 0) is 61.6 Å². The van der Waals surface area contributed by atoms with Crippen molar-refractivity contribution in [2.45, 2.75) is 63.8 Å². The third-order valence-electron chi connectivity index (χ3n) is 7.90. The third-order valence-corrected chi connectivity index (χ3v) is 7.90. The van der Waals surface area contributed by atoms with E-state index < -0.39 is 6.09 Å². The van der Waals surface area contributed by atoms with Crippen LogP contribution in [0.25, 0.3) is 0 Å². The molecule has 0 unspecified atom stereocenters. The fourth-order valence-corrected chi connectivity index (χ4v) is 5.72. The quantitative estimate of drug-likeness (QED) is 0.116. The Morgan fingerprint density at radius 2 is 1.85 bits per heavy atom. The normalized spacial score (nSPS) is 15.3. The maximum atomic E-state index is 11.7. The van der Waals surface area contributed by atoms with Crippen molar-refractivity contribution in [3.63, 3.8) is 0 Å².